The van der Waals surface area contributed by atoms with Crippen molar-refractivity contribution in [3.63, 3.8) is 0 Å². The van der Waals surface area contributed by atoms with Crippen molar-refractivity contribution in [2.24, 2.45) is 0 Å². The van der Waals surface area contributed by atoms with Crippen molar-refractivity contribution in [2.45, 2.75) is 32.6 Å². The van der Waals surface area contributed by atoms with Crippen LogP contribution in [0.15, 0.2) is 36.4 Å². The summed E-state index contributed by atoms with van der Waals surface area (Å²) in [5.41, 5.74) is 2.99. The summed E-state index contributed by atoms with van der Waals surface area (Å²) < 4.78 is 13.1. The van der Waals surface area contributed by atoms with Gasteiger partial charge in [0.1, 0.15) is 11.6 Å². The maximum absolute atomic E-state index is 13.1. The van der Waals surface area contributed by atoms with Gasteiger partial charge in [-0.3, -0.25) is 0 Å². The second-order valence-electron chi connectivity index (χ2n) is 5.27. The van der Waals surface area contributed by atoms with E-state index in [1.165, 1.54) is 12.1 Å². The van der Waals surface area contributed by atoms with Gasteiger partial charge in [-0.2, -0.15) is 0 Å². The van der Waals surface area contributed by atoms with Gasteiger partial charge in [0.25, 0.3) is 0 Å². The summed E-state index contributed by atoms with van der Waals surface area (Å²) in [6.07, 6.45) is 0. The smallest absolute Gasteiger partial charge is 0.133 e. The van der Waals surface area contributed by atoms with E-state index in [0.29, 0.717) is 11.8 Å². The van der Waals surface area contributed by atoms with Crippen LogP contribution in [0, 0.1) is 5.82 Å². The zero-order chi connectivity index (χ0) is 15.4. The van der Waals surface area contributed by atoms with Gasteiger partial charge in [0.05, 0.1) is 0 Å². The highest BCUT2D eigenvalue weighted by molar-refractivity contribution is 6.17. The van der Waals surface area contributed by atoms with E-state index in [9.17, 15) is 4.39 Å². The molecule has 1 aromatic carbocycles. The molecule has 21 heavy (non-hydrogen) atoms. The minimum absolute atomic E-state index is 0.236. The Labute approximate surface area is 130 Å². The molecule has 0 aliphatic carbocycles. The van der Waals surface area contributed by atoms with Gasteiger partial charge >= 0.3 is 0 Å². The molecule has 1 aromatic heterocycles. The van der Waals surface area contributed by atoms with Gasteiger partial charge in [0.15, 0.2) is 0 Å². The van der Waals surface area contributed by atoms with Crippen LogP contribution in [0.4, 0.5) is 15.9 Å². The van der Waals surface area contributed by atoms with Crippen molar-refractivity contribution in [3.8, 4) is 0 Å². The molecule has 4 heteroatoms. The third-order valence-corrected chi connectivity index (χ3v) is 3.68. The molecule has 0 bridgehead atoms. The zero-order valence-corrected chi connectivity index (χ0v) is 13.4. The molecule has 0 spiro atoms. The topological polar surface area (TPSA) is 16.1 Å². The minimum Gasteiger partial charge on any atom is -0.327 e. The number of benzene rings is 1. The third-order valence-electron chi connectivity index (χ3n) is 3.37. The van der Waals surface area contributed by atoms with Gasteiger partial charge in [-0.1, -0.05) is 13.8 Å². The first-order valence-electron chi connectivity index (χ1n) is 7.15. The maximum atomic E-state index is 13.1. The highest BCUT2D eigenvalue weighted by atomic mass is 35.5. The van der Waals surface area contributed by atoms with Crippen LogP contribution in [0.5, 0.6) is 0 Å². The molecule has 0 aliphatic rings. The van der Waals surface area contributed by atoms with E-state index in [0.717, 1.165) is 29.3 Å². The first kappa shape index (κ1) is 15.8. The molecule has 112 valence electrons. The van der Waals surface area contributed by atoms with Crippen molar-refractivity contribution in [1.82, 2.24) is 4.98 Å². The Morgan fingerprint density at radius 3 is 2.38 bits per heavy atom. The summed E-state index contributed by atoms with van der Waals surface area (Å²) >= 11 is 5.99. The van der Waals surface area contributed by atoms with Crippen LogP contribution in [0.2, 0.25) is 0 Å². The second-order valence-corrected chi connectivity index (χ2v) is 5.53. The number of alkyl halides is 1. The number of aromatic nitrogens is 1. The van der Waals surface area contributed by atoms with Crippen molar-refractivity contribution in [2.75, 3.05) is 11.4 Å². The summed E-state index contributed by atoms with van der Waals surface area (Å²) in [6.45, 7) is 7.02. The number of nitrogens with zero attached hydrogens (tertiary/aromatic N) is 2. The standard InChI is InChI=1S/C17H20ClFN2/c1-4-21(15-7-5-14(19)6-8-15)17-10-13(11-18)9-16(20-17)12(2)3/h5-10,12H,4,11H2,1-3H3. The Balaban J connectivity index is 2.46. The lowest BCUT2D eigenvalue weighted by Crippen LogP contribution is -2.18. The Hall–Kier alpha value is -1.61. The van der Waals surface area contributed by atoms with Crippen LogP contribution in [0.1, 0.15) is 37.9 Å². The Kier molecular flexibility index (Phi) is 5.18. The van der Waals surface area contributed by atoms with E-state index in [2.05, 4.69) is 18.7 Å². The van der Waals surface area contributed by atoms with Crippen molar-refractivity contribution in [1.29, 1.82) is 0 Å². The van der Waals surface area contributed by atoms with E-state index in [4.69, 9.17) is 16.6 Å². The van der Waals surface area contributed by atoms with Gasteiger partial charge in [0, 0.05) is 23.8 Å². The summed E-state index contributed by atoms with van der Waals surface area (Å²) in [5.74, 6) is 1.40. The van der Waals surface area contributed by atoms with Gasteiger partial charge in [-0.05, 0) is 54.8 Å². The predicted molar refractivity (Wildman–Crippen MR) is 87.0 cm³/mol. The summed E-state index contributed by atoms with van der Waals surface area (Å²) in [7, 11) is 0. The molecule has 2 aromatic rings. The first-order chi connectivity index (χ1) is 10.0. The Morgan fingerprint density at radius 2 is 1.86 bits per heavy atom. The van der Waals surface area contributed by atoms with Gasteiger partial charge in [0.2, 0.25) is 0 Å². The monoisotopic (exact) mass is 306 g/mol. The molecule has 0 saturated heterocycles. The number of rotatable bonds is 5. The number of halogens is 2. The van der Waals surface area contributed by atoms with Crippen LogP contribution in [-0.4, -0.2) is 11.5 Å². The van der Waals surface area contributed by atoms with Crippen LogP contribution in [0.25, 0.3) is 0 Å². The Bertz CT molecular complexity index is 596. The lowest BCUT2D eigenvalue weighted by Gasteiger charge is -2.24. The largest absolute Gasteiger partial charge is 0.327 e. The molecule has 0 unspecified atom stereocenters. The fourth-order valence-corrected chi connectivity index (χ4v) is 2.36. The van der Waals surface area contributed by atoms with E-state index in [1.54, 1.807) is 12.1 Å². The van der Waals surface area contributed by atoms with Crippen molar-refractivity contribution in [3.05, 3.63) is 53.5 Å². The summed E-state index contributed by atoms with van der Waals surface area (Å²) in [6, 6.07) is 10.5. The molecular weight excluding hydrogens is 287 g/mol. The molecule has 2 nitrogen and oxygen atoms in total. The SMILES string of the molecule is CCN(c1ccc(F)cc1)c1cc(CCl)cc(C(C)C)n1. The van der Waals surface area contributed by atoms with Crippen LogP contribution < -0.4 is 4.90 Å². The number of hydrogen-bond donors (Lipinski definition) is 0. The quantitative estimate of drug-likeness (QED) is 0.702. The molecule has 0 atom stereocenters. The van der Waals surface area contributed by atoms with E-state index in [-0.39, 0.29) is 5.82 Å². The highest BCUT2D eigenvalue weighted by Crippen LogP contribution is 2.27. The second kappa shape index (κ2) is 6.90. The highest BCUT2D eigenvalue weighted by Gasteiger charge is 2.12. The van der Waals surface area contributed by atoms with E-state index >= 15 is 0 Å². The normalized spacial score (nSPS) is 11.0. The van der Waals surface area contributed by atoms with Crippen LogP contribution >= 0.6 is 11.6 Å². The van der Waals surface area contributed by atoms with Crippen LogP contribution in [0.3, 0.4) is 0 Å². The van der Waals surface area contributed by atoms with Crippen LogP contribution in [-0.2, 0) is 5.88 Å². The van der Waals surface area contributed by atoms with E-state index < -0.39 is 0 Å². The molecular formula is C17H20ClFN2. The summed E-state index contributed by atoms with van der Waals surface area (Å²) in [4.78, 5) is 6.78. The van der Waals surface area contributed by atoms with Crippen molar-refractivity contribution >= 4 is 23.1 Å². The number of pyridine rings is 1. The molecule has 2 rings (SSSR count). The lowest BCUT2D eigenvalue weighted by atomic mass is 10.1. The molecule has 0 aliphatic heterocycles. The number of hydrogen-bond acceptors (Lipinski definition) is 2. The molecule has 0 radical (unpaired) electrons. The minimum atomic E-state index is -0.236. The predicted octanol–water partition coefficient (Wildman–Crippen LogP) is 5.24. The van der Waals surface area contributed by atoms with E-state index in [1.807, 2.05) is 19.1 Å². The van der Waals surface area contributed by atoms with Gasteiger partial charge < -0.3 is 4.90 Å². The average Bonchev–Trinajstić information content (AvgIpc) is 2.49. The van der Waals surface area contributed by atoms with Gasteiger partial charge in [-0.25, -0.2) is 9.37 Å². The average molecular weight is 307 g/mol. The fraction of sp³-hybridized carbons (Fsp3) is 0.353. The van der Waals surface area contributed by atoms with Crippen molar-refractivity contribution < 1.29 is 4.39 Å². The maximum Gasteiger partial charge on any atom is 0.133 e. The molecule has 0 saturated carbocycles. The molecule has 0 fully saturated rings. The van der Waals surface area contributed by atoms with Gasteiger partial charge in [-0.15, -0.1) is 11.6 Å². The first-order valence-corrected chi connectivity index (χ1v) is 7.68. The third kappa shape index (κ3) is 3.73. The molecule has 0 N–H and O–H groups in total. The number of anilines is 2. The Morgan fingerprint density at radius 1 is 1.19 bits per heavy atom. The fourth-order valence-electron chi connectivity index (χ4n) is 2.20. The molecule has 1 heterocycles. The lowest BCUT2D eigenvalue weighted by molar-refractivity contribution is 0.627. The summed E-state index contributed by atoms with van der Waals surface area (Å²) in [5, 5.41) is 0. The zero-order valence-electron chi connectivity index (χ0n) is 12.6. The molecule has 0 amide bonds.